The van der Waals surface area contributed by atoms with Crippen LogP contribution in [-0.4, -0.2) is 24.9 Å². The van der Waals surface area contributed by atoms with E-state index in [0.29, 0.717) is 24.3 Å². The molecule has 0 amide bonds. The van der Waals surface area contributed by atoms with Crippen molar-refractivity contribution in [3.05, 3.63) is 53.6 Å². The second-order valence-corrected chi connectivity index (χ2v) is 9.21. The molecule has 0 radical (unpaired) electrons. The first-order chi connectivity index (χ1) is 17.7. The van der Waals surface area contributed by atoms with Gasteiger partial charge in [-0.05, 0) is 43.0 Å². The Morgan fingerprint density at radius 1 is 0.784 bits per heavy atom. The molecule has 1 atom stereocenters. The van der Waals surface area contributed by atoms with E-state index in [2.05, 4.69) is 11.7 Å². The third kappa shape index (κ3) is 9.97. The van der Waals surface area contributed by atoms with Crippen molar-refractivity contribution in [2.45, 2.75) is 96.8 Å². The molecule has 0 aliphatic carbocycles. The van der Waals surface area contributed by atoms with Crippen LogP contribution in [0.4, 0.5) is 22.0 Å². The minimum Gasteiger partial charge on any atom is -0.494 e. The first-order valence-electron chi connectivity index (χ1n) is 13.2. The Morgan fingerprint density at radius 2 is 1.38 bits per heavy atom. The molecule has 8 heteroatoms. The van der Waals surface area contributed by atoms with Crippen molar-refractivity contribution in [1.82, 2.24) is 0 Å². The predicted octanol–water partition coefficient (Wildman–Crippen LogP) is 9.43. The van der Waals surface area contributed by atoms with Crippen LogP contribution in [0.3, 0.4) is 0 Å². The maximum atomic E-state index is 14.8. The van der Waals surface area contributed by atoms with Crippen LogP contribution < -0.4 is 4.74 Å². The highest BCUT2D eigenvalue weighted by molar-refractivity contribution is 5.90. The Labute approximate surface area is 216 Å². The van der Waals surface area contributed by atoms with Crippen molar-refractivity contribution in [2.24, 2.45) is 0 Å². The van der Waals surface area contributed by atoms with Crippen LogP contribution in [0.25, 0.3) is 11.1 Å². The number of unbranched alkanes of at least 4 members (excludes halogenated alkanes) is 8. The van der Waals surface area contributed by atoms with Gasteiger partial charge in [0, 0.05) is 5.56 Å². The summed E-state index contributed by atoms with van der Waals surface area (Å²) in [5, 5.41) is 0. The van der Waals surface area contributed by atoms with Gasteiger partial charge in [-0.1, -0.05) is 83.4 Å². The molecule has 0 bridgehead atoms. The standard InChI is InChI=1S/C29H37F5O3/c1-3-5-7-9-10-12-20-36-22-16-14-21(15-17-22)23-18-19-24(27(31)26(23)30)28(35)37-25(29(32,33)34)13-11-8-6-4-2/h14-19,25H,3-13,20H2,1-2H3. The molecule has 2 aromatic rings. The van der Waals surface area contributed by atoms with Gasteiger partial charge in [-0.25, -0.2) is 13.6 Å². The lowest BCUT2D eigenvalue weighted by molar-refractivity contribution is -0.206. The SMILES string of the molecule is CCCCCCCCOc1ccc(-c2ccc(C(=O)OC(CCCCCC)C(F)(F)F)c(F)c2F)cc1. The highest BCUT2D eigenvalue weighted by atomic mass is 19.4. The molecule has 0 aromatic heterocycles. The second kappa shape index (κ2) is 15.6. The normalized spacial score (nSPS) is 12.4. The summed E-state index contributed by atoms with van der Waals surface area (Å²) >= 11 is 0. The number of alkyl halides is 3. The summed E-state index contributed by atoms with van der Waals surface area (Å²) in [7, 11) is 0. The van der Waals surface area contributed by atoms with Gasteiger partial charge in [0.25, 0.3) is 0 Å². The molecule has 2 rings (SSSR count). The lowest BCUT2D eigenvalue weighted by Crippen LogP contribution is -2.34. The van der Waals surface area contributed by atoms with Crippen LogP contribution in [0.2, 0.25) is 0 Å². The molecular formula is C29H37F5O3. The summed E-state index contributed by atoms with van der Waals surface area (Å²) in [5.41, 5.74) is -0.654. The van der Waals surface area contributed by atoms with Crippen LogP contribution in [0, 0.1) is 11.6 Å². The van der Waals surface area contributed by atoms with E-state index in [1.54, 1.807) is 24.3 Å². The van der Waals surface area contributed by atoms with Crippen molar-refractivity contribution < 1.29 is 36.2 Å². The number of ether oxygens (including phenoxy) is 2. The third-order valence-electron chi connectivity index (χ3n) is 6.17. The molecule has 3 nitrogen and oxygen atoms in total. The van der Waals surface area contributed by atoms with Gasteiger partial charge in [-0.2, -0.15) is 13.2 Å². The summed E-state index contributed by atoms with van der Waals surface area (Å²) < 4.78 is 79.7. The molecule has 0 saturated heterocycles. The van der Waals surface area contributed by atoms with Gasteiger partial charge in [-0.15, -0.1) is 0 Å². The van der Waals surface area contributed by atoms with Gasteiger partial charge in [0.2, 0.25) is 0 Å². The molecular weight excluding hydrogens is 491 g/mol. The minimum atomic E-state index is -4.80. The van der Waals surface area contributed by atoms with Gasteiger partial charge < -0.3 is 9.47 Å². The largest absolute Gasteiger partial charge is 0.494 e. The first kappa shape index (κ1) is 30.6. The molecule has 1 unspecified atom stereocenters. The zero-order valence-electron chi connectivity index (χ0n) is 21.6. The first-order valence-corrected chi connectivity index (χ1v) is 13.2. The Hall–Kier alpha value is -2.64. The van der Waals surface area contributed by atoms with E-state index in [9.17, 15) is 26.7 Å². The second-order valence-electron chi connectivity index (χ2n) is 9.21. The maximum Gasteiger partial charge on any atom is 0.425 e. The predicted molar refractivity (Wildman–Crippen MR) is 135 cm³/mol. The number of halogens is 5. The minimum absolute atomic E-state index is 0.122. The van der Waals surface area contributed by atoms with Crippen molar-refractivity contribution in [1.29, 1.82) is 0 Å². The molecule has 0 fully saturated rings. The summed E-state index contributed by atoms with van der Waals surface area (Å²) in [6.07, 6.45) is 1.58. The monoisotopic (exact) mass is 528 g/mol. The number of benzene rings is 2. The van der Waals surface area contributed by atoms with Gasteiger partial charge in [-0.3, -0.25) is 0 Å². The number of carbonyl (C=O) groups excluding carboxylic acids is 1. The number of hydrogen-bond acceptors (Lipinski definition) is 3. The highest BCUT2D eigenvalue weighted by Gasteiger charge is 2.42. The topological polar surface area (TPSA) is 35.5 Å². The molecule has 0 aliphatic heterocycles. The van der Waals surface area contributed by atoms with Crippen LogP contribution in [0.1, 0.15) is 94.8 Å². The van der Waals surface area contributed by atoms with Gasteiger partial charge in [0.15, 0.2) is 17.7 Å². The summed E-state index contributed by atoms with van der Waals surface area (Å²) in [6.45, 7) is 4.64. The number of carbonyl (C=O) groups is 1. The van der Waals surface area contributed by atoms with E-state index in [-0.39, 0.29) is 12.0 Å². The van der Waals surface area contributed by atoms with Crippen LogP contribution in [0.5, 0.6) is 5.75 Å². The van der Waals surface area contributed by atoms with Crippen molar-refractivity contribution in [3.8, 4) is 16.9 Å². The lowest BCUT2D eigenvalue weighted by atomic mass is 10.0. The molecule has 0 N–H and O–H groups in total. The average Bonchev–Trinajstić information content (AvgIpc) is 2.86. The Morgan fingerprint density at radius 3 is 2.00 bits per heavy atom. The molecule has 37 heavy (non-hydrogen) atoms. The van der Waals surface area contributed by atoms with E-state index in [4.69, 9.17) is 4.74 Å². The molecule has 0 aliphatic rings. The zero-order valence-corrected chi connectivity index (χ0v) is 21.6. The Balaban J connectivity index is 2.01. The lowest BCUT2D eigenvalue weighted by Gasteiger charge is -2.21. The maximum absolute atomic E-state index is 14.8. The number of rotatable bonds is 16. The summed E-state index contributed by atoms with van der Waals surface area (Å²) in [5.74, 6) is -3.82. The molecule has 206 valence electrons. The Kier molecular flexibility index (Phi) is 12.9. The molecule has 0 saturated carbocycles. The van der Waals surface area contributed by atoms with E-state index in [1.165, 1.54) is 25.7 Å². The molecule has 2 aromatic carbocycles. The van der Waals surface area contributed by atoms with Gasteiger partial charge in [0.1, 0.15) is 5.75 Å². The third-order valence-corrected chi connectivity index (χ3v) is 6.17. The number of hydrogen-bond donors (Lipinski definition) is 0. The van der Waals surface area contributed by atoms with Crippen molar-refractivity contribution in [3.63, 3.8) is 0 Å². The molecule has 0 spiro atoms. The average molecular weight is 529 g/mol. The zero-order chi connectivity index (χ0) is 27.3. The summed E-state index contributed by atoms with van der Waals surface area (Å²) in [6, 6.07) is 8.50. The highest BCUT2D eigenvalue weighted by Crippen LogP contribution is 2.31. The smallest absolute Gasteiger partial charge is 0.425 e. The van der Waals surface area contributed by atoms with Crippen molar-refractivity contribution >= 4 is 5.97 Å². The fourth-order valence-corrected chi connectivity index (χ4v) is 3.97. The van der Waals surface area contributed by atoms with E-state index < -0.39 is 41.9 Å². The van der Waals surface area contributed by atoms with Crippen LogP contribution in [-0.2, 0) is 4.74 Å². The Bertz CT molecular complexity index is 957. The van der Waals surface area contributed by atoms with E-state index >= 15 is 0 Å². The van der Waals surface area contributed by atoms with Crippen LogP contribution in [0.15, 0.2) is 36.4 Å². The van der Waals surface area contributed by atoms with Crippen molar-refractivity contribution in [2.75, 3.05) is 6.61 Å². The van der Waals surface area contributed by atoms with Gasteiger partial charge >= 0.3 is 12.1 Å². The quantitative estimate of drug-likeness (QED) is 0.124. The van der Waals surface area contributed by atoms with Gasteiger partial charge in [0.05, 0.1) is 12.2 Å². The summed E-state index contributed by atoms with van der Waals surface area (Å²) in [4.78, 5) is 12.3. The number of esters is 1. The van der Waals surface area contributed by atoms with Crippen LogP contribution >= 0.6 is 0 Å². The van der Waals surface area contributed by atoms with E-state index in [0.717, 1.165) is 37.8 Å². The fourth-order valence-electron chi connectivity index (χ4n) is 3.97. The van der Waals surface area contributed by atoms with E-state index in [1.807, 2.05) is 6.92 Å². The fraction of sp³-hybridized carbons (Fsp3) is 0.552. The molecule has 0 heterocycles.